The highest BCUT2D eigenvalue weighted by Gasteiger charge is 2.18. The topological polar surface area (TPSA) is 92.3 Å². The number of nitrogens with zero attached hydrogens (tertiary/aromatic N) is 3. The molecular formula is C17H15FN4O3S2. The van der Waals surface area contributed by atoms with Crippen LogP contribution < -0.4 is 5.32 Å². The van der Waals surface area contributed by atoms with Gasteiger partial charge in [-0.25, -0.2) is 17.1 Å². The van der Waals surface area contributed by atoms with E-state index >= 15 is 0 Å². The van der Waals surface area contributed by atoms with E-state index < -0.39 is 15.9 Å². The van der Waals surface area contributed by atoms with E-state index in [0.29, 0.717) is 10.6 Å². The molecule has 0 unspecified atom stereocenters. The SMILES string of the molecule is CN(C)S(=O)(=O)c1ccc(C(=O)Nc2nnc(-c3ccc(F)cc3)s2)cc1. The summed E-state index contributed by atoms with van der Waals surface area (Å²) in [7, 11) is -0.685. The number of rotatable bonds is 5. The summed E-state index contributed by atoms with van der Waals surface area (Å²) >= 11 is 1.15. The van der Waals surface area contributed by atoms with Crippen molar-refractivity contribution in [3.8, 4) is 10.6 Å². The average molecular weight is 406 g/mol. The molecule has 0 spiro atoms. The molecule has 1 heterocycles. The molecule has 0 atom stereocenters. The zero-order valence-electron chi connectivity index (χ0n) is 14.4. The predicted molar refractivity (Wildman–Crippen MR) is 101 cm³/mol. The second kappa shape index (κ2) is 7.51. The summed E-state index contributed by atoms with van der Waals surface area (Å²) < 4.78 is 38.2. The van der Waals surface area contributed by atoms with Crippen molar-refractivity contribution in [3.05, 3.63) is 59.9 Å². The minimum absolute atomic E-state index is 0.0959. The fourth-order valence-corrected chi connectivity index (χ4v) is 3.79. The Kier molecular flexibility index (Phi) is 5.31. The lowest BCUT2D eigenvalue weighted by Gasteiger charge is -2.11. The Hall–Kier alpha value is -2.69. The molecule has 3 aromatic rings. The summed E-state index contributed by atoms with van der Waals surface area (Å²) in [5.74, 6) is -0.790. The molecule has 140 valence electrons. The lowest BCUT2D eigenvalue weighted by molar-refractivity contribution is 0.102. The second-order valence-corrected chi connectivity index (χ2v) is 8.81. The third-order valence-electron chi connectivity index (χ3n) is 3.63. The van der Waals surface area contributed by atoms with E-state index in [2.05, 4.69) is 15.5 Å². The molecule has 0 saturated heterocycles. The molecule has 0 aliphatic rings. The van der Waals surface area contributed by atoms with Gasteiger partial charge < -0.3 is 0 Å². The van der Waals surface area contributed by atoms with Crippen molar-refractivity contribution in [2.45, 2.75) is 4.90 Å². The molecule has 3 rings (SSSR count). The van der Waals surface area contributed by atoms with Gasteiger partial charge in [0.25, 0.3) is 5.91 Å². The highest BCUT2D eigenvalue weighted by Crippen LogP contribution is 2.26. The summed E-state index contributed by atoms with van der Waals surface area (Å²) in [4.78, 5) is 12.4. The molecule has 0 saturated carbocycles. The summed E-state index contributed by atoms with van der Waals surface area (Å²) in [5.41, 5.74) is 0.971. The predicted octanol–water partition coefficient (Wildman–Crippen LogP) is 2.85. The van der Waals surface area contributed by atoms with E-state index in [1.54, 1.807) is 12.1 Å². The molecule has 0 aliphatic heterocycles. The highest BCUT2D eigenvalue weighted by atomic mass is 32.2. The van der Waals surface area contributed by atoms with Crippen LogP contribution in [0.2, 0.25) is 0 Å². The minimum Gasteiger partial charge on any atom is -0.296 e. The molecule has 1 aromatic heterocycles. The van der Waals surface area contributed by atoms with Gasteiger partial charge in [0.05, 0.1) is 4.90 Å². The summed E-state index contributed by atoms with van der Waals surface area (Å²) in [6.45, 7) is 0. The summed E-state index contributed by atoms with van der Waals surface area (Å²) in [6, 6.07) is 11.4. The number of carbonyl (C=O) groups is 1. The quantitative estimate of drug-likeness (QED) is 0.703. The van der Waals surface area contributed by atoms with Crippen LogP contribution in [0.25, 0.3) is 10.6 Å². The maximum atomic E-state index is 13.0. The van der Waals surface area contributed by atoms with Crippen molar-refractivity contribution < 1.29 is 17.6 Å². The van der Waals surface area contributed by atoms with Crippen LogP contribution in [0.1, 0.15) is 10.4 Å². The Balaban J connectivity index is 1.73. The third-order valence-corrected chi connectivity index (χ3v) is 6.35. The lowest BCUT2D eigenvalue weighted by Crippen LogP contribution is -2.22. The van der Waals surface area contributed by atoms with Crippen molar-refractivity contribution in [2.75, 3.05) is 19.4 Å². The van der Waals surface area contributed by atoms with Gasteiger partial charge in [0.15, 0.2) is 0 Å². The summed E-state index contributed by atoms with van der Waals surface area (Å²) in [6.07, 6.45) is 0. The maximum Gasteiger partial charge on any atom is 0.257 e. The number of hydrogen-bond donors (Lipinski definition) is 1. The van der Waals surface area contributed by atoms with Crippen molar-refractivity contribution in [1.82, 2.24) is 14.5 Å². The fraction of sp³-hybridized carbons (Fsp3) is 0.118. The normalized spacial score (nSPS) is 11.6. The standard InChI is InChI=1S/C17H15FN4O3S2/c1-22(2)27(24,25)14-9-5-11(6-10-14)15(23)19-17-21-20-16(26-17)12-3-7-13(18)8-4-12/h3-10H,1-2H3,(H,19,21,23). The van der Waals surface area contributed by atoms with Gasteiger partial charge in [-0.05, 0) is 48.5 Å². The minimum atomic E-state index is -3.55. The van der Waals surface area contributed by atoms with Gasteiger partial charge in [0.2, 0.25) is 15.2 Å². The van der Waals surface area contributed by atoms with Crippen LogP contribution in [-0.2, 0) is 10.0 Å². The van der Waals surface area contributed by atoms with Crippen LogP contribution in [0.5, 0.6) is 0 Å². The molecule has 0 radical (unpaired) electrons. The number of aromatic nitrogens is 2. The first-order valence-corrected chi connectivity index (χ1v) is 9.96. The Morgan fingerprint density at radius 3 is 2.26 bits per heavy atom. The van der Waals surface area contributed by atoms with Crippen LogP contribution in [0.15, 0.2) is 53.4 Å². The number of nitrogens with one attached hydrogen (secondary N) is 1. The van der Waals surface area contributed by atoms with E-state index in [0.717, 1.165) is 15.6 Å². The molecule has 0 bridgehead atoms. The van der Waals surface area contributed by atoms with Gasteiger partial charge >= 0.3 is 0 Å². The van der Waals surface area contributed by atoms with Gasteiger partial charge in [0.1, 0.15) is 10.8 Å². The monoisotopic (exact) mass is 406 g/mol. The van der Waals surface area contributed by atoms with Crippen LogP contribution in [0.4, 0.5) is 9.52 Å². The Morgan fingerprint density at radius 1 is 1.04 bits per heavy atom. The van der Waals surface area contributed by atoms with Gasteiger partial charge in [-0.3, -0.25) is 10.1 Å². The first-order valence-electron chi connectivity index (χ1n) is 7.71. The number of sulfonamides is 1. The van der Waals surface area contributed by atoms with E-state index in [1.807, 2.05) is 0 Å². The molecule has 0 fully saturated rings. The average Bonchev–Trinajstić information content (AvgIpc) is 3.10. The van der Waals surface area contributed by atoms with Gasteiger partial charge in [-0.2, -0.15) is 0 Å². The maximum absolute atomic E-state index is 13.0. The van der Waals surface area contributed by atoms with E-state index in [-0.39, 0.29) is 21.4 Å². The molecule has 0 aliphatic carbocycles. The van der Waals surface area contributed by atoms with Crippen molar-refractivity contribution in [3.63, 3.8) is 0 Å². The van der Waals surface area contributed by atoms with Crippen molar-refractivity contribution >= 4 is 32.4 Å². The molecule has 27 heavy (non-hydrogen) atoms. The zero-order valence-corrected chi connectivity index (χ0v) is 16.0. The first-order chi connectivity index (χ1) is 12.8. The van der Waals surface area contributed by atoms with Crippen LogP contribution in [-0.4, -0.2) is 42.9 Å². The molecule has 1 N–H and O–H groups in total. The van der Waals surface area contributed by atoms with E-state index in [1.165, 1.54) is 50.5 Å². The number of carbonyl (C=O) groups excluding carboxylic acids is 1. The van der Waals surface area contributed by atoms with Crippen molar-refractivity contribution in [2.24, 2.45) is 0 Å². The number of hydrogen-bond acceptors (Lipinski definition) is 6. The van der Waals surface area contributed by atoms with Gasteiger partial charge in [-0.15, -0.1) is 10.2 Å². The molecule has 2 aromatic carbocycles. The number of amides is 1. The van der Waals surface area contributed by atoms with Gasteiger partial charge in [-0.1, -0.05) is 11.3 Å². The van der Waals surface area contributed by atoms with Crippen LogP contribution in [0.3, 0.4) is 0 Å². The number of benzene rings is 2. The van der Waals surface area contributed by atoms with Crippen LogP contribution in [0, 0.1) is 5.82 Å². The Labute approximate surface area is 159 Å². The third kappa shape index (κ3) is 4.18. The smallest absolute Gasteiger partial charge is 0.257 e. The van der Waals surface area contributed by atoms with Crippen molar-refractivity contribution in [1.29, 1.82) is 0 Å². The van der Waals surface area contributed by atoms with E-state index in [4.69, 9.17) is 0 Å². The second-order valence-electron chi connectivity index (χ2n) is 5.69. The highest BCUT2D eigenvalue weighted by molar-refractivity contribution is 7.89. The number of halogens is 1. The molecule has 7 nitrogen and oxygen atoms in total. The largest absolute Gasteiger partial charge is 0.296 e. The summed E-state index contributed by atoms with van der Waals surface area (Å²) in [5, 5.41) is 11.3. The fourth-order valence-electron chi connectivity index (χ4n) is 2.14. The molecule has 1 amide bonds. The Morgan fingerprint density at radius 2 is 1.67 bits per heavy atom. The Bertz CT molecular complexity index is 1060. The van der Waals surface area contributed by atoms with E-state index in [9.17, 15) is 17.6 Å². The van der Waals surface area contributed by atoms with Crippen LogP contribution >= 0.6 is 11.3 Å². The molecule has 10 heteroatoms. The lowest BCUT2D eigenvalue weighted by atomic mass is 10.2. The zero-order chi connectivity index (χ0) is 19.6. The number of anilines is 1. The van der Waals surface area contributed by atoms with Gasteiger partial charge in [0, 0.05) is 25.2 Å². The first kappa shape index (κ1) is 19.1. The molecular weight excluding hydrogens is 391 g/mol.